The minimum atomic E-state index is 0.738. The lowest BCUT2D eigenvalue weighted by molar-refractivity contribution is 0.415. The van der Waals surface area contributed by atoms with Gasteiger partial charge in [-0.2, -0.15) is 16.4 Å². The summed E-state index contributed by atoms with van der Waals surface area (Å²) in [6.45, 7) is 0. The third-order valence-electron chi connectivity index (χ3n) is 4.91. The summed E-state index contributed by atoms with van der Waals surface area (Å²) in [7, 11) is 1.67. The minimum Gasteiger partial charge on any atom is -0.497 e. The first-order chi connectivity index (χ1) is 14.8. The van der Waals surface area contributed by atoms with Crippen molar-refractivity contribution in [1.29, 1.82) is 0 Å². The zero-order valence-electron chi connectivity index (χ0n) is 16.4. The van der Waals surface area contributed by atoms with Gasteiger partial charge in [-0.1, -0.05) is 17.8 Å². The molecule has 0 atom stereocenters. The number of pyridine rings is 1. The second-order valence-electron chi connectivity index (χ2n) is 6.60. The topological polar surface area (TPSA) is 52.3 Å². The van der Waals surface area contributed by atoms with Gasteiger partial charge in [-0.25, -0.2) is 14.5 Å². The molecule has 0 saturated heterocycles. The van der Waals surface area contributed by atoms with Gasteiger partial charge in [0, 0.05) is 22.7 Å². The highest BCUT2D eigenvalue weighted by Gasteiger charge is 2.20. The van der Waals surface area contributed by atoms with Gasteiger partial charge in [0.15, 0.2) is 5.16 Å². The predicted molar refractivity (Wildman–Crippen MR) is 123 cm³/mol. The fourth-order valence-corrected chi connectivity index (χ4v) is 4.49. The fraction of sp³-hybridized carbons (Fsp3) is 0.0870. The number of benzene rings is 1. The van der Waals surface area contributed by atoms with Crippen molar-refractivity contribution in [1.82, 2.24) is 19.6 Å². The van der Waals surface area contributed by atoms with E-state index in [-0.39, 0.29) is 0 Å². The van der Waals surface area contributed by atoms with E-state index in [0.29, 0.717) is 0 Å². The third-order valence-corrected chi connectivity index (χ3v) is 6.16. The SMILES string of the molecule is COc1ccc(-c2nn3c(-c4ccsc4)cccc3c2-c2ccnc(SC)n2)cc1. The summed E-state index contributed by atoms with van der Waals surface area (Å²) in [5.41, 5.74) is 6.95. The number of aromatic nitrogens is 4. The van der Waals surface area contributed by atoms with Crippen LogP contribution in [0.3, 0.4) is 0 Å². The van der Waals surface area contributed by atoms with Crippen molar-refractivity contribution in [3.8, 4) is 39.5 Å². The summed E-state index contributed by atoms with van der Waals surface area (Å²) in [4.78, 5) is 9.11. The van der Waals surface area contributed by atoms with Crippen molar-refractivity contribution in [3.63, 3.8) is 0 Å². The Labute approximate surface area is 182 Å². The number of hydrogen-bond donors (Lipinski definition) is 0. The van der Waals surface area contributed by atoms with Crippen LogP contribution in [0, 0.1) is 0 Å². The largest absolute Gasteiger partial charge is 0.497 e. The lowest BCUT2D eigenvalue weighted by Crippen LogP contribution is -1.93. The number of ether oxygens (including phenoxy) is 1. The summed E-state index contributed by atoms with van der Waals surface area (Å²) < 4.78 is 7.34. The number of thioether (sulfide) groups is 1. The molecule has 1 aromatic carbocycles. The van der Waals surface area contributed by atoms with Gasteiger partial charge in [-0.15, -0.1) is 0 Å². The maximum Gasteiger partial charge on any atom is 0.187 e. The second-order valence-corrected chi connectivity index (χ2v) is 8.15. The molecule has 0 amide bonds. The first kappa shape index (κ1) is 18.8. The maximum atomic E-state index is 5.33. The van der Waals surface area contributed by atoms with E-state index in [1.165, 1.54) is 11.8 Å². The molecule has 148 valence electrons. The van der Waals surface area contributed by atoms with Crippen molar-refractivity contribution in [2.24, 2.45) is 0 Å². The molecule has 7 heteroatoms. The van der Waals surface area contributed by atoms with Crippen molar-refractivity contribution < 1.29 is 4.74 Å². The number of nitrogens with zero attached hydrogens (tertiary/aromatic N) is 4. The van der Waals surface area contributed by atoms with Crippen LogP contribution < -0.4 is 4.74 Å². The Morgan fingerprint density at radius 3 is 2.60 bits per heavy atom. The van der Waals surface area contributed by atoms with Crippen LogP contribution in [0.5, 0.6) is 5.75 Å². The van der Waals surface area contributed by atoms with Crippen molar-refractivity contribution in [3.05, 3.63) is 71.6 Å². The van der Waals surface area contributed by atoms with E-state index in [1.807, 2.05) is 41.1 Å². The van der Waals surface area contributed by atoms with Crippen LogP contribution in [-0.2, 0) is 0 Å². The average Bonchev–Trinajstić information content (AvgIpc) is 3.47. The minimum absolute atomic E-state index is 0.738. The molecule has 4 aromatic heterocycles. The Morgan fingerprint density at radius 2 is 1.87 bits per heavy atom. The molecular formula is C23H18N4OS2. The molecule has 5 rings (SSSR count). The lowest BCUT2D eigenvalue weighted by Gasteiger charge is -2.06. The molecule has 0 spiro atoms. The number of fused-ring (bicyclic) bond motifs is 1. The van der Waals surface area contributed by atoms with Gasteiger partial charge in [0.25, 0.3) is 0 Å². The molecule has 4 heterocycles. The Bertz CT molecular complexity index is 1310. The van der Waals surface area contributed by atoms with E-state index in [0.717, 1.165) is 50.2 Å². The highest BCUT2D eigenvalue weighted by Crippen LogP contribution is 2.37. The summed E-state index contributed by atoms with van der Waals surface area (Å²) in [5, 5.41) is 10.00. The number of methoxy groups -OCH3 is 1. The smallest absolute Gasteiger partial charge is 0.187 e. The molecule has 30 heavy (non-hydrogen) atoms. The van der Waals surface area contributed by atoms with Gasteiger partial charge in [0.05, 0.1) is 29.6 Å². The van der Waals surface area contributed by atoms with E-state index in [1.54, 1.807) is 24.6 Å². The molecule has 0 N–H and O–H groups in total. The quantitative estimate of drug-likeness (QED) is 0.256. The van der Waals surface area contributed by atoms with Gasteiger partial charge < -0.3 is 4.74 Å². The van der Waals surface area contributed by atoms with Gasteiger partial charge in [0.1, 0.15) is 11.4 Å². The Hall–Kier alpha value is -3.16. The molecule has 0 fully saturated rings. The third kappa shape index (κ3) is 3.26. The highest BCUT2D eigenvalue weighted by molar-refractivity contribution is 7.98. The lowest BCUT2D eigenvalue weighted by atomic mass is 10.0. The summed E-state index contributed by atoms with van der Waals surface area (Å²) in [6.07, 6.45) is 3.78. The van der Waals surface area contributed by atoms with Gasteiger partial charge in [-0.3, -0.25) is 0 Å². The van der Waals surface area contributed by atoms with Crippen LogP contribution in [0.2, 0.25) is 0 Å². The zero-order valence-corrected chi connectivity index (χ0v) is 18.1. The fourth-order valence-electron chi connectivity index (χ4n) is 3.48. The summed E-state index contributed by atoms with van der Waals surface area (Å²) >= 11 is 3.21. The summed E-state index contributed by atoms with van der Waals surface area (Å²) in [5.74, 6) is 0.815. The predicted octanol–water partition coefficient (Wildman–Crippen LogP) is 5.92. The second kappa shape index (κ2) is 7.93. The monoisotopic (exact) mass is 430 g/mol. The zero-order chi connectivity index (χ0) is 20.5. The summed E-state index contributed by atoms with van der Waals surface area (Å²) in [6, 6.07) is 18.3. The molecule has 0 aliphatic rings. The highest BCUT2D eigenvalue weighted by atomic mass is 32.2. The molecule has 5 nitrogen and oxygen atoms in total. The van der Waals surface area contributed by atoms with E-state index in [2.05, 4.69) is 40.0 Å². The van der Waals surface area contributed by atoms with Crippen molar-refractivity contribution in [2.75, 3.05) is 13.4 Å². The van der Waals surface area contributed by atoms with E-state index in [4.69, 9.17) is 14.8 Å². The Balaban J connectivity index is 1.81. The first-order valence-electron chi connectivity index (χ1n) is 9.34. The molecule has 0 aliphatic carbocycles. The van der Waals surface area contributed by atoms with Gasteiger partial charge >= 0.3 is 0 Å². The van der Waals surface area contributed by atoms with E-state index < -0.39 is 0 Å². The molecule has 5 aromatic rings. The molecule has 0 unspecified atom stereocenters. The van der Waals surface area contributed by atoms with Crippen LogP contribution in [0.1, 0.15) is 0 Å². The molecule has 0 aliphatic heterocycles. The van der Waals surface area contributed by atoms with Crippen LogP contribution in [0.4, 0.5) is 0 Å². The molecular weight excluding hydrogens is 412 g/mol. The van der Waals surface area contributed by atoms with Gasteiger partial charge in [-0.05, 0) is 60.2 Å². The van der Waals surface area contributed by atoms with Crippen LogP contribution in [0.25, 0.3) is 39.3 Å². The number of thiophene rings is 1. The Kier molecular flexibility index (Phi) is 4.98. The molecule has 0 bridgehead atoms. The average molecular weight is 431 g/mol. The normalized spacial score (nSPS) is 11.1. The molecule has 0 radical (unpaired) electrons. The van der Waals surface area contributed by atoms with Crippen LogP contribution in [-0.4, -0.2) is 32.9 Å². The number of rotatable bonds is 5. The molecule has 0 saturated carbocycles. The Morgan fingerprint density at radius 1 is 1.00 bits per heavy atom. The van der Waals surface area contributed by atoms with Crippen molar-refractivity contribution in [2.45, 2.75) is 5.16 Å². The van der Waals surface area contributed by atoms with Crippen LogP contribution in [0.15, 0.2) is 76.7 Å². The maximum absolute atomic E-state index is 5.33. The van der Waals surface area contributed by atoms with E-state index >= 15 is 0 Å². The first-order valence-corrected chi connectivity index (χ1v) is 11.5. The van der Waals surface area contributed by atoms with E-state index in [9.17, 15) is 0 Å². The van der Waals surface area contributed by atoms with Crippen LogP contribution >= 0.6 is 23.1 Å². The number of hydrogen-bond acceptors (Lipinski definition) is 6. The standard InChI is InChI=1S/C23H18N4OS2/c1-28-17-8-6-15(7-9-17)22-21(18-10-12-24-23(25-18)29-2)20-5-3-4-19(27(20)26-22)16-11-13-30-14-16/h3-14H,1-2H3. The van der Waals surface area contributed by atoms with Gasteiger partial charge in [0.2, 0.25) is 0 Å². The van der Waals surface area contributed by atoms with Crippen molar-refractivity contribution >= 4 is 28.6 Å².